The van der Waals surface area contributed by atoms with Crippen molar-refractivity contribution < 1.29 is 4.79 Å². The Morgan fingerprint density at radius 1 is 1.35 bits per heavy atom. The van der Waals surface area contributed by atoms with Gasteiger partial charge in [-0.3, -0.25) is 4.79 Å². The largest absolute Gasteiger partial charge is 0.324 e. The van der Waals surface area contributed by atoms with E-state index < -0.39 is 0 Å². The minimum Gasteiger partial charge on any atom is -0.324 e. The maximum Gasteiger partial charge on any atom is 0.246 e. The van der Waals surface area contributed by atoms with E-state index in [0.29, 0.717) is 0 Å². The molecule has 0 aromatic heterocycles. The number of carbonyl (C=O) groups is 1. The molecular weight excluding hydrogens is 212 g/mol. The zero-order chi connectivity index (χ0) is 12.3. The molecule has 2 rings (SSSR count). The lowest BCUT2D eigenvalue weighted by Gasteiger charge is -2.11. The summed E-state index contributed by atoms with van der Waals surface area (Å²) in [5.41, 5.74) is 3.24. The molecule has 0 radical (unpaired) electrons. The Bertz CT molecular complexity index is 415. The Labute approximate surface area is 103 Å². The van der Waals surface area contributed by atoms with E-state index in [-0.39, 0.29) is 11.9 Å². The number of nitrogens with one attached hydrogen (secondary N) is 2. The summed E-state index contributed by atoms with van der Waals surface area (Å²) in [5.74, 6) is 0.0714. The van der Waals surface area contributed by atoms with E-state index in [1.807, 2.05) is 12.1 Å². The lowest BCUT2D eigenvalue weighted by atomic mass is 10.1. The van der Waals surface area contributed by atoms with Gasteiger partial charge in [-0.25, -0.2) is 0 Å². The van der Waals surface area contributed by atoms with Gasteiger partial charge >= 0.3 is 0 Å². The van der Waals surface area contributed by atoms with Crippen LogP contribution in [-0.4, -0.2) is 12.5 Å². The molecule has 1 amide bonds. The first-order valence-electron chi connectivity index (χ1n) is 6.37. The summed E-state index contributed by atoms with van der Waals surface area (Å²) in [5, 5.41) is 6.25. The van der Waals surface area contributed by atoms with Crippen LogP contribution in [0.25, 0.3) is 0 Å². The molecule has 1 aliphatic heterocycles. The number of amides is 1. The highest BCUT2D eigenvalue weighted by Gasteiger charge is 2.29. The highest BCUT2D eigenvalue weighted by molar-refractivity contribution is 6.02. The molecule has 1 unspecified atom stereocenters. The van der Waals surface area contributed by atoms with Crippen LogP contribution in [0, 0.1) is 6.92 Å². The van der Waals surface area contributed by atoms with Gasteiger partial charge in [0.25, 0.3) is 0 Å². The topological polar surface area (TPSA) is 41.1 Å². The molecule has 92 valence electrons. The van der Waals surface area contributed by atoms with Crippen LogP contribution in [0.5, 0.6) is 0 Å². The van der Waals surface area contributed by atoms with E-state index in [2.05, 4.69) is 30.5 Å². The molecule has 0 bridgehead atoms. The second kappa shape index (κ2) is 5.32. The van der Waals surface area contributed by atoms with Gasteiger partial charge in [0.1, 0.15) is 6.04 Å². The fourth-order valence-corrected chi connectivity index (χ4v) is 2.21. The average molecular weight is 232 g/mol. The van der Waals surface area contributed by atoms with Crippen molar-refractivity contribution in [3.05, 3.63) is 29.3 Å². The molecular formula is C14H20N2O. The van der Waals surface area contributed by atoms with Crippen LogP contribution in [0.3, 0.4) is 0 Å². The number of hydrogen-bond donors (Lipinski definition) is 2. The van der Waals surface area contributed by atoms with Crippen molar-refractivity contribution in [2.75, 3.05) is 11.9 Å². The smallest absolute Gasteiger partial charge is 0.246 e. The third-order valence-electron chi connectivity index (χ3n) is 3.17. The van der Waals surface area contributed by atoms with Gasteiger partial charge in [-0.05, 0) is 26.0 Å². The van der Waals surface area contributed by atoms with Crippen molar-refractivity contribution in [3.8, 4) is 0 Å². The van der Waals surface area contributed by atoms with Gasteiger partial charge < -0.3 is 10.6 Å². The van der Waals surface area contributed by atoms with E-state index in [4.69, 9.17) is 0 Å². The molecule has 3 heteroatoms. The van der Waals surface area contributed by atoms with Crippen LogP contribution < -0.4 is 10.6 Å². The number of rotatable bonds is 5. The van der Waals surface area contributed by atoms with Gasteiger partial charge in [0, 0.05) is 11.3 Å². The Balaban J connectivity index is 2.03. The summed E-state index contributed by atoms with van der Waals surface area (Å²) in [4.78, 5) is 11.8. The minimum atomic E-state index is -0.165. The molecule has 17 heavy (non-hydrogen) atoms. The van der Waals surface area contributed by atoms with Gasteiger partial charge in [-0.2, -0.15) is 0 Å². The maximum absolute atomic E-state index is 11.8. The molecule has 0 saturated heterocycles. The molecule has 0 fully saturated rings. The first-order chi connectivity index (χ1) is 8.22. The fraction of sp³-hybridized carbons (Fsp3) is 0.500. The maximum atomic E-state index is 11.8. The number of fused-ring (bicyclic) bond motifs is 1. The summed E-state index contributed by atoms with van der Waals surface area (Å²) in [6.07, 6.45) is 3.54. The zero-order valence-electron chi connectivity index (χ0n) is 10.5. The predicted octanol–water partition coefficient (Wildman–Crippen LogP) is 2.77. The van der Waals surface area contributed by atoms with Crippen molar-refractivity contribution in [1.29, 1.82) is 0 Å². The number of anilines is 1. The highest BCUT2D eigenvalue weighted by atomic mass is 16.2. The number of aryl methyl sites for hydroxylation is 1. The van der Waals surface area contributed by atoms with Gasteiger partial charge in [-0.1, -0.05) is 37.5 Å². The number of benzene rings is 1. The second-order valence-electron chi connectivity index (χ2n) is 4.67. The number of unbranched alkanes of at least 4 members (excludes halogenated alkanes) is 2. The summed E-state index contributed by atoms with van der Waals surface area (Å²) in [7, 11) is 0. The van der Waals surface area contributed by atoms with Crippen LogP contribution >= 0.6 is 0 Å². The van der Waals surface area contributed by atoms with Gasteiger partial charge in [-0.15, -0.1) is 0 Å². The summed E-state index contributed by atoms with van der Waals surface area (Å²) in [6.45, 7) is 5.14. The first kappa shape index (κ1) is 12.1. The number of carbonyl (C=O) groups excluding carboxylic acids is 1. The SMILES string of the molecule is CCCCCNC1C(=O)Nc2ccc(C)cc21. The number of hydrogen-bond acceptors (Lipinski definition) is 2. The van der Waals surface area contributed by atoms with Gasteiger partial charge in [0.2, 0.25) is 5.91 Å². The van der Waals surface area contributed by atoms with Crippen molar-refractivity contribution in [3.63, 3.8) is 0 Å². The van der Waals surface area contributed by atoms with E-state index in [0.717, 1.165) is 24.2 Å². The zero-order valence-corrected chi connectivity index (χ0v) is 10.5. The molecule has 1 atom stereocenters. The lowest BCUT2D eigenvalue weighted by molar-refractivity contribution is -0.117. The van der Waals surface area contributed by atoms with Crippen LogP contribution in [0.4, 0.5) is 5.69 Å². The first-order valence-corrected chi connectivity index (χ1v) is 6.37. The highest BCUT2D eigenvalue weighted by Crippen LogP contribution is 2.31. The van der Waals surface area contributed by atoms with Crippen LogP contribution in [-0.2, 0) is 4.79 Å². The lowest BCUT2D eigenvalue weighted by Crippen LogP contribution is -2.28. The molecule has 1 aliphatic rings. The summed E-state index contributed by atoms with van der Waals surface area (Å²) >= 11 is 0. The van der Waals surface area contributed by atoms with Gasteiger partial charge in [0.05, 0.1) is 0 Å². The Hall–Kier alpha value is -1.35. The van der Waals surface area contributed by atoms with Crippen LogP contribution in [0.15, 0.2) is 18.2 Å². The monoisotopic (exact) mass is 232 g/mol. The molecule has 2 N–H and O–H groups in total. The van der Waals surface area contributed by atoms with Crippen molar-refractivity contribution in [1.82, 2.24) is 5.32 Å². The van der Waals surface area contributed by atoms with Crippen molar-refractivity contribution in [2.45, 2.75) is 39.2 Å². The van der Waals surface area contributed by atoms with E-state index in [9.17, 15) is 4.79 Å². The predicted molar refractivity (Wildman–Crippen MR) is 70.1 cm³/mol. The molecule has 0 saturated carbocycles. The average Bonchev–Trinajstić information content (AvgIpc) is 2.61. The molecule has 1 heterocycles. The van der Waals surface area contributed by atoms with E-state index in [1.54, 1.807) is 0 Å². The van der Waals surface area contributed by atoms with Crippen molar-refractivity contribution >= 4 is 11.6 Å². The second-order valence-corrected chi connectivity index (χ2v) is 4.67. The molecule has 0 aliphatic carbocycles. The quantitative estimate of drug-likeness (QED) is 0.766. The normalized spacial score (nSPS) is 18.0. The molecule has 3 nitrogen and oxygen atoms in total. The molecule has 1 aromatic carbocycles. The minimum absolute atomic E-state index is 0.0714. The van der Waals surface area contributed by atoms with Crippen molar-refractivity contribution in [2.24, 2.45) is 0 Å². The van der Waals surface area contributed by atoms with E-state index in [1.165, 1.54) is 18.4 Å². The molecule has 0 spiro atoms. The third-order valence-corrected chi connectivity index (χ3v) is 3.17. The Morgan fingerprint density at radius 2 is 2.18 bits per heavy atom. The Morgan fingerprint density at radius 3 is 2.94 bits per heavy atom. The van der Waals surface area contributed by atoms with Crippen LogP contribution in [0.2, 0.25) is 0 Å². The third kappa shape index (κ3) is 2.67. The van der Waals surface area contributed by atoms with E-state index >= 15 is 0 Å². The Kier molecular flexibility index (Phi) is 3.79. The fourth-order valence-electron chi connectivity index (χ4n) is 2.21. The molecule has 1 aromatic rings. The standard InChI is InChI=1S/C14H20N2O/c1-3-4-5-8-15-13-11-9-10(2)6-7-12(11)16-14(13)17/h6-7,9,13,15H,3-5,8H2,1-2H3,(H,16,17). The van der Waals surface area contributed by atoms with Crippen LogP contribution in [0.1, 0.15) is 43.4 Å². The van der Waals surface area contributed by atoms with Gasteiger partial charge in [0.15, 0.2) is 0 Å². The summed E-state index contributed by atoms with van der Waals surface area (Å²) < 4.78 is 0. The summed E-state index contributed by atoms with van der Waals surface area (Å²) in [6, 6.07) is 5.93.